The number of aliphatic hydroxyl groups is 5. The Hall–Kier alpha value is -6.82. The number of esters is 7. The lowest BCUT2D eigenvalue weighted by molar-refractivity contribution is -0.363. The van der Waals surface area contributed by atoms with Crippen LogP contribution in [0.25, 0.3) is 0 Å². The Morgan fingerprint density at radius 1 is 0.441 bits per heavy atom. The number of rotatable bonds is 39. The molecule has 2 aromatic rings. The van der Waals surface area contributed by atoms with Gasteiger partial charge >= 0.3 is 54.0 Å². The maximum atomic E-state index is 15.5. The summed E-state index contributed by atoms with van der Waals surface area (Å²) < 4.78 is 99.0. The summed E-state index contributed by atoms with van der Waals surface area (Å²) >= 11 is 0. The van der Waals surface area contributed by atoms with Crippen molar-refractivity contribution >= 4 is 87.2 Å². The first-order valence-electron chi connectivity index (χ1n) is 52.8. The van der Waals surface area contributed by atoms with Crippen LogP contribution >= 0.6 is 0 Å². The zero-order valence-electron chi connectivity index (χ0n) is 92.0. The third-order valence-electron chi connectivity index (χ3n) is 34.3. The number of fused-ring (bicyclic) bond motifs is 10. The van der Waals surface area contributed by atoms with Gasteiger partial charge in [0.05, 0.1) is 66.6 Å². The zero-order valence-corrected chi connectivity index (χ0v) is 96.0. The number of benzene rings is 2. The minimum absolute atomic E-state index is 0.00981. The lowest BCUT2D eigenvalue weighted by Gasteiger charge is -2.70. The normalized spacial score (nSPS) is 31.2. The summed E-state index contributed by atoms with van der Waals surface area (Å²) in [5, 5.41) is 74.5. The third-order valence-corrected chi connectivity index (χ3v) is 52.9. The van der Waals surface area contributed by atoms with Gasteiger partial charge in [0.25, 0.3) is 0 Å². The van der Waals surface area contributed by atoms with E-state index in [-0.39, 0.29) is 73.0 Å². The Morgan fingerprint density at radius 2 is 0.755 bits per heavy atom. The highest BCUT2D eigenvalue weighted by atomic mass is 28.4. The number of alkyl carbamates (subject to hydrolysis) is 2. The fourth-order valence-electron chi connectivity index (χ4n) is 25.2. The molecule has 6 aliphatic carbocycles. The molecule has 2 aromatic carbocycles. The van der Waals surface area contributed by atoms with Crippen molar-refractivity contribution in [1.29, 1.82) is 0 Å². The van der Waals surface area contributed by atoms with Crippen molar-refractivity contribution in [1.82, 2.24) is 10.6 Å². The predicted octanol–water partition coefficient (Wildman–Crippen LogP) is 18.1. The van der Waals surface area contributed by atoms with Crippen LogP contribution < -0.4 is 10.6 Å². The summed E-state index contributed by atoms with van der Waals surface area (Å²) in [7, 11) is -10.4. The van der Waals surface area contributed by atoms with Crippen LogP contribution in [0.2, 0.25) is 72.5 Å². The molecule has 31 nitrogen and oxygen atoms in total. The highest BCUT2D eigenvalue weighted by molar-refractivity contribution is 6.75. The van der Waals surface area contributed by atoms with Crippen LogP contribution in [0, 0.1) is 45.3 Å². The summed E-state index contributed by atoms with van der Waals surface area (Å²) in [6.07, 6.45) is -19.6. The molecular formula is C108H176N2O29Si4. The molecule has 35 heteroatoms. The van der Waals surface area contributed by atoms with Crippen molar-refractivity contribution in [3.63, 3.8) is 0 Å². The fraction of sp³-hybridized carbons (Fsp3) is 0.769. The van der Waals surface area contributed by atoms with Gasteiger partial charge in [-0.1, -0.05) is 189 Å². The Labute approximate surface area is 854 Å². The summed E-state index contributed by atoms with van der Waals surface area (Å²) in [5.74, 6) is -7.86. The molecular weight excluding hydrogens is 1900 g/mol. The zero-order chi connectivity index (χ0) is 107. The molecule has 6 fully saturated rings. The van der Waals surface area contributed by atoms with E-state index in [1.165, 1.54) is 20.8 Å². The van der Waals surface area contributed by atoms with Crippen molar-refractivity contribution in [2.24, 2.45) is 45.3 Å². The molecule has 2 saturated heterocycles. The third kappa shape index (κ3) is 23.8. The summed E-state index contributed by atoms with van der Waals surface area (Å²) in [6, 6.07) is 23.3. The average molecular weight is 2080 g/mol. The van der Waals surface area contributed by atoms with E-state index in [0.29, 0.717) is 60.3 Å². The van der Waals surface area contributed by atoms with E-state index in [0.717, 1.165) is 36.3 Å². The van der Waals surface area contributed by atoms with Crippen LogP contribution in [0.3, 0.4) is 0 Å². The maximum Gasteiger partial charge on any atom is 0.407 e. The monoisotopic (exact) mass is 2080 g/mol. The van der Waals surface area contributed by atoms with E-state index in [1.54, 1.807) is 158 Å². The van der Waals surface area contributed by atoms with E-state index in [1.807, 2.05) is 69.2 Å². The van der Waals surface area contributed by atoms with E-state index in [9.17, 15) is 59.1 Å². The number of nitrogens with one attached hydrogen (secondary N) is 2. The molecule has 2 amide bonds. The number of ether oxygens (including phenoxy) is 11. The van der Waals surface area contributed by atoms with E-state index >= 15 is 9.59 Å². The minimum Gasteiger partial charge on any atom is -0.456 e. The van der Waals surface area contributed by atoms with Crippen LogP contribution in [-0.2, 0) is 93.8 Å². The van der Waals surface area contributed by atoms with Gasteiger partial charge in [0.2, 0.25) is 0 Å². The minimum atomic E-state index is -2.67. The van der Waals surface area contributed by atoms with Gasteiger partial charge in [-0.05, 0) is 199 Å². The number of hydrogen-bond acceptors (Lipinski definition) is 29. The first-order chi connectivity index (χ1) is 66.5. The highest BCUT2D eigenvalue weighted by Crippen LogP contribution is 2.69. The summed E-state index contributed by atoms with van der Waals surface area (Å²) in [6.45, 7) is 60.5. The maximum absolute atomic E-state index is 15.5. The molecule has 0 aromatic heterocycles. The first kappa shape index (κ1) is 120. The van der Waals surface area contributed by atoms with Crippen molar-refractivity contribution in [3.05, 3.63) is 94.1 Å². The van der Waals surface area contributed by atoms with Gasteiger partial charge in [-0.15, -0.1) is 0 Å². The molecule has 10 rings (SSSR count). The number of carbonyl (C=O) groups excluding carboxylic acids is 9. The smallest absolute Gasteiger partial charge is 0.407 e. The van der Waals surface area contributed by atoms with E-state index in [2.05, 4.69) is 52.2 Å². The molecule has 4 bridgehead atoms. The largest absolute Gasteiger partial charge is 0.456 e. The Kier molecular flexibility index (Phi) is 38.8. The molecule has 808 valence electrons. The predicted molar refractivity (Wildman–Crippen MR) is 551 cm³/mol. The van der Waals surface area contributed by atoms with E-state index < -0.39 is 252 Å². The van der Waals surface area contributed by atoms with Crippen molar-refractivity contribution in [2.75, 3.05) is 13.2 Å². The first-order valence-corrected chi connectivity index (χ1v) is 62.9. The van der Waals surface area contributed by atoms with Gasteiger partial charge < -0.3 is 106 Å². The van der Waals surface area contributed by atoms with Gasteiger partial charge in [0.15, 0.2) is 62.8 Å². The van der Waals surface area contributed by atoms with Crippen molar-refractivity contribution in [2.45, 2.75) is 471 Å². The van der Waals surface area contributed by atoms with Crippen LogP contribution in [0.5, 0.6) is 0 Å². The molecule has 8 aliphatic rings. The molecule has 24 atom stereocenters. The Balaban J connectivity index is 0.000000319. The highest BCUT2D eigenvalue weighted by Gasteiger charge is 2.81. The Morgan fingerprint density at radius 3 is 1.04 bits per heavy atom. The van der Waals surface area contributed by atoms with Crippen molar-refractivity contribution in [3.8, 4) is 0 Å². The lowest BCUT2D eigenvalue weighted by Crippen LogP contribution is -2.83. The van der Waals surface area contributed by atoms with E-state index in [4.69, 9.17) is 69.8 Å². The second-order valence-electron chi connectivity index (χ2n) is 46.2. The molecule has 7 N–H and O–H groups in total. The summed E-state index contributed by atoms with van der Waals surface area (Å²) in [5.41, 5.74) is -14.0. The molecule has 4 saturated carbocycles. The number of carbonyl (C=O) groups is 9. The quantitative estimate of drug-likeness (QED) is 0.0141. The summed E-state index contributed by atoms with van der Waals surface area (Å²) in [4.78, 5) is 128. The molecule has 2 heterocycles. The van der Waals surface area contributed by atoms with Crippen molar-refractivity contribution < 1.29 is 138 Å². The molecule has 2 aliphatic heterocycles. The standard InChI is InChI=1S/C55H89NO15Si2.C53H87NO14Si2/c1-18-72(19-2,20-3)70-40-30-41-54(32-64-41,68-36(11)58)45-47(67-48(60)37-27-25-24-26-28-37)55(63)31-39(34(9)42(52(55,15)16)44(65-35(10)57)46(59)53(40,45)17)66-49(61)43(71-73(21-4,22-5)23-6)38(29-33(7)8)56-50(62)69-51(12,13)14;1-17-69(18-2,19-3)67-38-29-39-52(31-62-39,65-34(10)55)43-45(64-46(58)35-26-24-23-25-27-35)53(61)30-37(33(9)40(50(53,14)15)41(56)44(57)51(38,43)16)63-47(59)42(68-70(20-4,21-5)22-6)36(28-32(7)8)54-48(60)66-49(11,12)13/h24-28,33,38-41,43-47,59,63H,18-23,29-32H2,1-17H3,(H,56,62);23-27,32,36-39,41-45,56-57,61H,17-22,28-31H2,1-16H3,(H,54,60)/t38-,39-,40-,41+,43?,44-,45-,46-,47-,53+,54-,55+;36-,37-,38-,39+,41-,42?,43-,44-,45-,51+,52-,53+/m00/s1. The van der Waals surface area contributed by atoms with Gasteiger partial charge in [0, 0.05) is 68.1 Å². The second-order valence-corrected chi connectivity index (χ2v) is 65.1. The SMILES string of the molecule is CC[Si](CC)(CC)OC(C(=O)O[C@H]1C[C@@]2(O)[C@@H](OC(=O)c3ccccc3)[C@@H]3[C@]4(OC(C)=O)CO[C@@H]4C[C@H](O[Si](CC)(CC)CC)[C@@]3(C)[C@@H](O)[C@@H](O)C(=C1C)C2(C)C)[C@H](CC(C)C)NC(=O)OC(C)(C)C.CC[Si](CC)(CC)OC(C(=O)O[C@H]1C[C@@]2(O)[C@@H](OC(=O)c3ccccc3)[C@@H]3[C@]4(OC(C)=O)CO[C@@H]4C[C@H](O[Si](CC)(CC)CC)[C@@]3(C)[C@@H](O)[C@@H](OC(C)=O)C(=C1C)C2(C)C)[C@H](CC(C)C)NC(=O)OC(C)(C)C. The van der Waals surface area contributed by atoms with Gasteiger partial charge in [0.1, 0.15) is 71.2 Å². The lowest BCUT2D eigenvalue weighted by atomic mass is 9.44. The van der Waals surface area contributed by atoms with Crippen LogP contribution in [0.4, 0.5) is 9.59 Å². The Bertz CT molecular complexity index is 4780. The van der Waals surface area contributed by atoms with Crippen LogP contribution in [-0.4, -0.2) is 257 Å². The molecule has 0 spiro atoms. The molecule has 2 unspecified atom stereocenters. The number of aliphatic hydroxyl groups excluding tert-OH is 3. The number of hydrogen-bond donors (Lipinski definition) is 7. The fourth-order valence-corrected chi connectivity index (χ4v) is 36.7. The van der Waals surface area contributed by atoms with Crippen LogP contribution in [0.15, 0.2) is 83.0 Å². The molecule has 143 heavy (non-hydrogen) atoms. The average Bonchev–Trinajstić information content (AvgIpc) is 0.668. The number of amides is 2. The van der Waals surface area contributed by atoms with Gasteiger partial charge in [-0.25, -0.2) is 28.8 Å². The topological polar surface area (TPSA) is 417 Å². The van der Waals surface area contributed by atoms with Gasteiger partial charge in [-0.3, -0.25) is 14.4 Å². The van der Waals surface area contributed by atoms with Crippen LogP contribution in [0.1, 0.15) is 288 Å². The molecule has 0 radical (unpaired) electrons. The second kappa shape index (κ2) is 46.3. The van der Waals surface area contributed by atoms with Gasteiger partial charge in [-0.2, -0.15) is 0 Å².